The monoisotopic (exact) mass is 284 g/mol. The van der Waals surface area contributed by atoms with Crippen LogP contribution in [0, 0.1) is 11.6 Å². The highest BCUT2D eigenvalue weighted by atomic mass is 32.2. The third-order valence-corrected chi connectivity index (χ3v) is 3.65. The van der Waals surface area contributed by atoms with Crippen LogP contribution in [0.2, 0.25) is 0 Å². The van der Waals surface area contributed by atoms with E-state index >= 15 is 0 Å². The fourth-order valence-corrected chi connectivity index (χ4v) is 2.33. The second-order valence-electron chi connectivity index (χ2n) is 3.94. The van der Waals surface area contributed by atoms with Crippen LogP contribution in [0.3, 0.4) is 0 Å². The highest BCUT2D eigenvalue weighted by molar-refractivity contribution is 7.99. The van der Waals surface area contributed by atoms with E-state index in [0.717, 1.165) is 18.3 Å². The van der Waals surface area contributed by atoms with Crippen molar-refractivity contribution >= 4 is 11.8 Å². The van der Waals surface area contributed by atoms with Crippen molar-refractivity contribution < 1.29 is 8.78 Å². The molecular formula is C12H14F2N4S. The van der Waals surface area contributed by atoms with Crippen molar-refractivity contribution in [3.8, 4) is 0 Å². The molecule has 0 aliphatic rings. The summed E-state index contributed by atoms with van der Waals surface area (Å²) in [4.78, 5) is 3.88. The average molecular weight is 284 g/mol. The van der Waals surface area contributed by atoms with E-state index in [1.807, 2.05) is 6.92 Å². The normalized spacial score (nSPS) is 10.9. The molecule has 0 bridgehead atoms. The lowest BCUT2D eigenvalue weighted by molar-refractivity contribution is 0.534. The fourth-order valence-electron chi connectivity index (χ4n) is 1.55. The van der Waals surface area contributed by atoms with Crippen LogP contribution in [-0.4, -0.2) is 21.3 Å². The summed E-state index contributed by atoms with van der Waals surface area (Å²) in [7, 11) is 1.67. The molecule has 1 aromatic heterocycles. The Kier molecular flexibility index (Phi) is 4.49. The molecule has 4 nitrogen and oxygen atoms in total. The first kappa shape index (κ1) is 14.0. The predicted molar refractivity (Wildman–Crippen MR) is 68.9 cm³/mol. The van der Waals surface area contributed by atoms with Crippen molar-refractivity contribution in [2.45, 2.75) is 23.5 Å². The van der Waals surface area contributed by atoms with Gasteiger partial charge < -0.3 is 5.32 Å². The van der Waals surface area contributed by atoms with Crippen LogP contribution in [0.5, 0.6) is 0 Å². The molecule has 0 spiro atoms. The first-order valence-electron chi connectivity index (χ1n) is 5.82. The standard InChI is InChI=1S/C12H14F2N4S/c1-3-15-6-8-4-9(13)11(10(14)5-8)19-12-16-7-17-18(12)2/h4-5,7,15H,3,6H2,1-2H3. The molecule has 0 fully saturated rings. The van der Waals surface area contributed by atoms with Gasteiger partial charge in [0.15, 0.2) is 5.16 Å². The highest BCUT2D eigenvalue weighted by Gasteiger charge is 2.15. The SMILES string of the molecule is CCNCc1cc(F)c(Sc2ncnn2C)c(F)c1. The minimum atomic E-state index is -0.582. The first-order chi connectivity index (χ1) is 9.11. The lowest BCUT2D eigenvalue weighted by atomic mass is 10.2. The van der Waals surface area contributed by atoms with E-state index in [4.69, 9.17) is 0 Å². The van der Waals surface area contributed by atoms with Gasteiger partial charge in [-0.05, 0) is 36.0 Å². The third-order valence-electron chi connectivity index (χ3n) is 2.50. The molecule has 19 heavy (non-hydrogen) atoms. The summed E-state index contributed by atoms with van der Waals surface area (Å²) in [5, 5.41) is 7.33. The lowest BCUT2D eigenvalue weighted by Crippen LogP contribution is -2.12. The average Bonchev–Trinajstić information content (AvgIpc) is 2.77. The predicted octanol–water partition coefficient (Wildman–Crippen LogP) is 2.35. The van der Waals surface area contributed by atoms with Crippen molar-refractivity contribution in [3.05, 3.63) is 35.7 Å². The molecule has 2 aromatic rings. The molecule has 1 heterocycles. The van der Waals surface area contributed by atoms with E-state index in [-0.39, 0.29) is 4.90 Å². The summed E-state index contributed by atoms with van der Waals surface area (Å²) in [5.74, 6) is -1.16. The van der Waals surface area contributed by atoms with Gasteiger partial charge in [0.1, 0.15) is 18.0 Å². The number of aryl methyl sites for hydroxylation is 1. The Morgan fingerprint density at radius 1 is 1.32 bits per heavy atom. The number of aromatic nitrogens is 3. The number of nitrogens with one attached hydrogen (secondary N) is 1. The molecule has 0 unspecified atom stereocenters. The van der Waals surface area contributed by atoms with E-state index in [2.05, 4.69) is 15.4 Å². The molecular weight excluding hydrogens is 270 g/mol. The van der Waals surface area contributed by atoms with E-state index in [9.17, 15) is 8.78 Å². The molecule has 0 atom stereocenters. The number of hydrogen-bond acceptors (Lipinski definition) is 4. The molecule has 0 saturated heterocycles. The number of benzene rings is 1. The van der Waals surface area contributed by atoms with Crippen molar-refractivity contribution in [2.75, 3.05) is 6.54 Å². The van der Waals surface area contributed by atoms with E-state index in [1.165, 1.54) is 23.1 Å². The highest BCUT2D eigenvalue weighted by Crippen LogP contribution is 2.31. The van der Waals surface area contributed by atoms with Crippen LogP contribution >= 0.6 is 11.8 Å². The summed E-state index contributed by atoms with van der Waals surface area (Å²) >= 11 is 0.926. The maximum atomic E-state index is 13.9. The van der Waals surface area contributed by atoms with Gasteiger partial charge in [0, 0.05) is 13.6 Å². The van der Waals surface area contributed by atoms with Crippen molar-refractivity contribution in [1.29, 1.82) is 0 Å². The van der Waals surface area contributed by atoms with Gasteiger partial charge in [0.25, 0.3) is 0 Å². The third kappa shape index (κ3) is 3.30. The number of halogens is 2. The van der Waals surface area contributed by atoms with E-state index in [1.54, 1.807) is 7.05 Å². The van der Waals surface area contributed by atoms with Gasteiger partial charge in [-0.25, -0.2) is 18.4 Å². The van der Waals surface area contributed by atoms with Crippen molar-refractivity contribution in [2.24, 2.45) is 7.05 Å². The topological polar surface area (TPSA) is 42.7 Å². The summed E-state index contributed by atoms with van der Waals surface area (Å²) in [6.07, 6.45) is 1.34. The van der Waals surface area contributed by atoms with Gasteiger partial charge in [-0.3, -0.25) is 0 Å². The maximum Gasteiger partial charge on any atom is 0.190 e. The molecule has 7 heteroatoms. The molecule has 0 aliphatic carbocycles. The fraction of sp³-hybridized carbons (Fsp3) is 0.333. The maximum absolute atomic E-state index is 13.9. The van der Waals surface area contributed by atoms with Crippen LogP contribution in [0.4, 0.5) is 8.78 Å². The summed E-state index contributed by atoms with van der Waals surface area (Å²) in [5.41, 5.74) is 0.583. The van der Waals surface area contributed by atoms with Crippen LogP contribution < -0.4 is 5.32 Å². The Bertz CT molecular complexity index is 548. The quantitative estimate of drug-likeness (QED) is 0.915. The van der Waals surface area contributed by atoms with Gasteiger partial charge in [0.05, 0.1) is 4.90 Å². The van der Waals surface area contributed by atoms with E-state index in [0.29, 0.717) is 17.3 Å². The Morgan fingerprint density at radius 2 is 2.00 bits per heavy atom. The molecule has 0 radical (unpaired) electrons. The Hall–Kier alpha value is -1.47. The molecule has 0 saturated carbocycles. The minimum Gasteiger partial charge on any atom is -0.313 e. The smallest absolute Gasteiger partial charge is 0.190 e. The Labute approximate surface area is 114 Å². The van der Waals surface area contributed by atoms with Gasteiger partial charge in [-0.1, -0.05) is 6.92 Å². The van der Waals surface area contributed by atoms with Crippen molar-refractivity contribution in [1.82, 2.24) is 20.1 Å². The number of nitrogens with zero attached hydrogens (tertiary/aromatic N) is 3. The molecule has 0 aliphatic heterocycles. The summed E-state index contributed by atoms with van der Waals surface area (Å²) in [6.45, 7) is 3.13. The van der Waals surface area contributed by atoms with Gasteiger partial charge in [-0.15, -0.1) is 0 Å². The minimum absolute atomic E-state index is 0.0589. The number of hydrogen-bond donors (Lipinski definition) is 1. The zero-order valence-electron chi connectivity index (χ0n) is 10.7. The van der Waals surface area contributed by atoms with Crippen LogP contribution in [-0.2, 0) is 13.6 Å². The second kappa shape index (κ2) is 6.12. The largest absolute Gasteiger partial charge is 0.313 e. The summed E-state index contributed by atoms with van der Waals surface area (Å²) in [6, 6.07) is 2.68. The van der Waals surface area contributed by atoms with Crippen LogP contribution in [0.25, 0.3) is 0 Å². The summed E-state index contributed by atoms with van der Waals surface area (Å²) < 4.78 is 29.3. The number of rotatable bonds is 5. The molecule has 1 N–H and O–H groups in total. The first-order valence-corrected chi connectivity index (χ1v) is 6.64. The zero-order chi connectivity index (χ0) is 13.8. The van der Waals surface area contributed by atoms with Gasteiger partial charge in [0.2, 0.25) is 0 Å². The molecule has 1 aromatic carbocycles. The van der Waals surface area contributed by atoms with Gasteiger partial charge >= 0.3 is 0 Å². The Balaban J connectivity index is 2.24. The second-order valence-corrected chi connectivity index (χ2v) is 4.91. The van der Waals surface area contributed by atoms with Crippen molar-refractivity contribution in [3.63, 3.8) is 0 Å². The van der Waals surface area contributed by atoms with Crippen LogP contribution in [0.15, 0.2) is 28.5 Å². The Morgan fingerprint density at radius 3 is 2.53 bits per heavy atom. The van der Waals surface area contributed by atoms with Crippen LogP contribution in [0.1, 0.15) is 12.5 Å². The molecule has 0 amide bonds. The molecule has 102 valence electrons. The zero-order valence-corrected chi connectivity index (χ0v) is 11.5. The lowest BCUT2D eigenvalue weighted by Gasteiger charge is -2.07. The molecule has 2 rings (SSSR count). The van der Waals surface area contributed by atoms with Gasteiger partial charge in [-0.2, -0.15) is 5.10 Å². The van der Waals surface area contributed by atoms with E-state index < -0.39 is 11.6 Å².